The lowest BCUT2D eigenvalue weighted by molar-refractivity contribution is 0.472. The van der Waals surface area contributed by atoms with Crippen molar-refractivity contribution in [3.63, 3.8) is 0 Å². The molecule has 0 saturated carbocycles. The van der Waals surface area contributed by atoms with E-state index < -0.39 is 9.84 Å². The van der Waals surface area contributed by atoms with Gasteiger partial charge in [0, 0.05) is 17.1 Å². The number of hydrogen-bond acceptors (Lipinski definition) is 4. The maximum absolute atomic E-state index is 12.2. The van der Waals surface area contributed by atoms with Crippen LogP contribution in [0.3, 0.4) is 0 Å². The van der Waals surface area contributed by atoms with Gasteiger partial charge in [-0.05, 0) is 36.6 Å². The van der Waals surface area contributed by atoms with E-state index in [0.717, 1.165) is 17.3 Å². The molecular formula is C17H16N2O4S. The first-order valence-electron chi connectivity index (χ1n) is 7.26. The quantitative estimate of drug-likeness (QED) is 0.711. The topological polar surface area (TPSA) is 92.2 Å². The van der Waals surface area contributed by atoms with Gasteiger partial charge in [-0.25, -0.2) is 13.1 Å². The van der Waals surface area contributed by atoms with Gasteiger partial charge in [-0.2, -0.15) is 0 Å². The van der Waals surface area contributed by atoms with Gasteiger partial charge in [0.15, 0.2) is 9.84 Å². The standard InChI is InChI=1S/C17H16N2O4S/c1-12-10-17(21)19(18-12)16-5-2-4-13-11-14(6-7-15(13)16)24(22,23)9-3-8-20/h2-8,10-11,18,20H,9H2,1H3. The van der Waals surface area contributed by atoms with E-state index in [1.165, 1.54) is 22.9 Å². The lowest BCUT2D eigenvalue weighted by atomic mass is 10.1. The Morgan fingerprint density at radius 1 is 1.21 bits per heavy atom. The fourth-order valence-corrected chi connectivity index (χ4v) is 3.71. The Bertz CT molecular complexity index is 1090. The zero-order valence-electron chi connectivity index (χ0n) is 12.9. The largest absolute Gasteiger partial charge is 0.516 e. The van der Waals surface area contributed by atoms with Crippen LogP contribution in [0, 0.1) is 6.92 Å². The number of aliphatic hydroxyl groups is 1. The summed E-state index contributed by atoms with van der Waals surface area (Å²) in [6.45, 7) is 1.79. The Morgan fingerprint density at radius 3 is 2.67 bits per heavy atom. The highest BCUT2D eigenvalue weighted by Crippen LogP contribution is 2.25. The van der Waals surface area contributed by atoms with E-state index in [1.807, 2.05) is 0 Å². The lowest BCUT2D eigenvalue weighted by Crippen LogP contribution is -2.13. The number of nitrogens with zero attached hydrogens (tertiary/aromatic N) is 1. The number of sulfone groups is 1. The van der Waals surface area contributed by atoms with Crippen molar-refractivity contribution < 1.29 is 13.5 Å². The molecule has 6 nitrogen and oxygen atoms in total. The molecule has 0 atom stereocenters. The van der Waals surface area contributed by atoms with E-state index in [-0.39, 0.29) is 16.2 Å². The number of aromatic amines is 1. The van der Waals surface area contributed by atoms with Gasteiger partial charge in [-0.1, -0.05) is 18.2 Å². The molecule has 124 valence electrons. The highest BCUT2D eigenvalue weighted by Gasteiger charge is 2.14. The Hall–Kier alpha value is -2.80. The average Bonchev–Trinajstić information content (AvgIpc) is 2.90. The molecule has 0 bridgehead atoms. The number of aromatic nitrogens is 2. The first kappa shape index (κ1) is 16.1. The summed E-state index contributed by atoms with van der Waals surface area (Å²) in [5.74, 6) is -0.274. The minimum Gasteiger partial charge on any atom is -0.516 e. The number of benzene rings is 2. The predicted octanol–water partition coefficient (Wildman–Crippen LogP) is 2.47. The molecule has 0 fully saturated rings. The van der Waals surface area contributed by atoms with E-state index >= 15 is 0 Å². The third-order valence-corrected chi connectivity index (χ3v) is 5.30. The molecule has 2 N–H and O–H groups in total. The van der Waals surface area contributed by atoms with E-state index in [0.29, 0.717) is 11.1 Å². The van der Waals surface area contributed by atoms with Gasteiger partial charge in [0.2, 0.25) is 0 Å². The molecule has 0 amide bonds. The van der Waals surface area contributed by atoms with Crippen LogP contribution in [0.4, 0.5) is 0 Å². The van der Waals surface area contributed by atoms with Crippen LogP contribution in [0.25, 0.3) is 16.5 Å². The summed E-state index contributed by atoms with van der Waals surface area (Å²) in [6, 6.07) is 11.6. The van der Waals surface area contributed by atoms with Gasteiger partial charge in [0.1, 0.15) is 0 Å². The van der Waals surface area contributed by atoms with Crippen molar-refractivity contribution in [2.45, 2.75) is 11.8 Å². The molecule has 3 aromatic rings. The van der Waals surface area contributed by atoms with Crippen molar-refractivity contribution in [3.05, 3.63) is 70.9 Å². The fourth-order valence-electron chi connectivity index (χ4n) is 2.59. The molecule has 0 aliphatic carbocycles. The molecule has 1 heterocycles. The highest BCUT2D eigenvalue weighted by atomic mass is 32.2. The third-order valence-electron chi connectivity index (χ3n) is 3.70. The molecule has 0 aliphatic rings. The highest BCUT2D eigenvalue weighted by molar-refractivity contribution is 7.91. The summed E-state index contributed by atoms with van der Waals surface area (Å²) in [7, 11) is -3.52. The van der Waals surface area contributed by atoms with Gasteiger partial charge < -0.3 is 5.11 Å². The third kappa shape index (κ3) is 2.85. The zero-order valence-corrected chi connectivity index (χ0v) is 13.7. The van der Waals surface area contributed by atoms with Crippen molar-refractivity contribution in [1.29, 1.82) is 0 Å². The number of nitrogens with one attached hydrogen (secondary N) is 1. The number of rotatable bonds is 4. The van der Waals surface area contributed by atoms with Crippen LogP contribution >= 0.6 is 0 Å². The second kappa shape index (κ2) is 6.01. The van der Waals surface area contributed by atoms with E-state index in [4.69, 9.17) is 5.11 Å². The number of aryl methyl sites for hydroxylation is 1. The molecule has 0 saturated heterocycles. The van der Waals surface area contributed by atoms with Crippen LogP contribution in [0.5, 0.6) is 0 Å². The van der Waals surface area contributed by atoms with Gasteiger partial charge in [0.05, 0.1) is 22.6 Å². The van der Waals surface area contributed by atoms with Crippen molar-refractivity contribution in [3.8, 4) is 5.69 Å². The Kier molecular flexibility index (Phi) is 4.02. The summed E-state index contributed by atoms with van der Waals surface area (Å²) >= 11 is 0. The lowest BCUT2D eigenvalue weighted by Gasteiger charge is -2.09. The maximum atomic E-state index is 12.2. The van der Waals surface area contributed by atoms with Gasteiger partial charge >= 0.3 is 0 Å². The molecule has 1 aromatic heterocycles. The Balaban J connectivity index is 2.17. The number of H-pyrrole nitrogens is 1. The van der Waals surface area contributed by atoms with E-state index in [1.54, 1.807) is 37.3 Å². The van der Waals surface area contributed by atoms with Crippen LogP contribution in [0.15, 0.2) is 64.5 Å². The molecular weight excluding hydrogens is 328 g/mol. The summed E-state index contributed by atoms with van der Waals surface area (Å²) in [5, 5.41) is 13.1. The molecule has 0 aliphatic heterocycles. The molecule has 0 unspecified atom stereocenters. The van der Waals surface area contributed by atoms with Gasteiger partial charge in [-0.15, -0.1) is 0 Å². The van der Waals surface area contributed by atoms with Crippen molar-refractivity contribution in [1.82, 2.24) is 9.78 Å². The fraction of sp³-hybridized carbons (Fsp3) is 0.118. The zero-order chi connectivity index (χ0) is 17.3. The van der Waals surface area contributed by atoms with Crippen LogP contribution < -0.4 is 5.56 Å². The van der Waals surface area contributed by atoms with E-state index in [2.05, 4.69) is 5.10 Å². The maximum Gasteiger partial charge on any atom is 0.271 e. The van der Waals surface area contributed by atoms with Crippen LogP contribution in [-0.4, -0.2) is 29.1 Å². The first-order valence-corrected chi connectivity index (χ1v) is 8.91. The minimum absolute atomic E-state index is 0.167. The molecule has 3 rings (SSSR count). The summed E-state index contributed by atoms with van der Waals surface area (Å²) in [4.78, 5) is 12.2. The van der Waals surface area contributed by atoms with Crippen molar-refractivity contribution in [2.24, 2.45) is 0 Å². The monoisotopic (exact) mass is 344 g/mol. The summed E-state index contributed by atoms with van der Waals surface area (Å²) in [5.41, 5.74) is 1.22. The first-order chi connectivity index (χ1) is 11.4. The van der Waals surface area contributed by atoms with Gasteiger partial charge in [0.25, 0.3) is 5.56 Å². The SMILES string of the molecule is Cc1cc(=O)n(-c2cccc3cc(S(=O)(=O)CC=CO)ccc23)[nH]1. The predicted molar refractivity (Wildman–Crippen MR) is 92.5 cm³/mol. The minimum atomic E-state index is -3.52. The molecule has 24 heavy (non-hydrogen) atoms. The Labute approximate surface area is 138 Å². The van der Waals surface area contributed by atoms with E-state index in [9.17, 15) is 13.2 Å². The van der Waals surface area contributed by atoms with Crippen LogP contribution in [0.1, 0.15) is 5.69 Å². The second-order valence-corrected chi connectivity index (χ2v) is 7.47. The smallest absolute Gasteiger partial charge is 0.271 e. The van der Waals surface area contributed by atoms with Gasteiger partial charge in [-0.3, -0.25) is 9.89 Å². The van der Waals surface area contributed by atoms with Crippen LogP contribution in [-0.2, 0) is 9.84 Å². The number of aliphatic hydroxyl groups excluding tert-OH is 1. The number of hydrogen-bond donors (Lipinski definition) is 2. The molecule has 0 spiro atoms. The molecule has 2 aromatic carbocycles. The van der Waals surface area contributed by atoms with Crippen molar-refractivity contribution in [2.75, 3.05) is 5.75 Å². The Morgan fingerprint density at radius 2 is 2.00 bits per heavy atom. The number of fused-ring (bicyclic) bond motifs is 1. The molecule has 0 radical (unpaired) electrons. The summed E-state index contributed by atoms with van der Waals surface area (Å²) in [6.07, 6.45) is 1.90. The van der Waals surface area contributed by atoms with Crippen molar-refractivity contribution >= 4 is 20.6 Å². The second-order valence-electron chi connectivity index (χ2n) is 5.44. The molecule has 7 heteroatoms. The van der Waals surface area contributed by atoms with Crippen LogP contribution in [0.2, 0.25) is 0 Å². The average molecular weight is 344 g/mol. The normalized spacial score (nSPS) is 12.2. The summed E-state index contributed by atoms with van der Waals surface area (Å²) < 4.78 is 25.9.